The van der Waals surface area contributed by atoms with Gasteiger partial charge in [-0.3, -0.25) is 0 Å². The lowest BCUT2D eigenvalue weighted by Crippen LogP contribution is -2.31. The molecule has 94 valence electrons. The highest BCUT2D eigenvalue weighted by Gasteiger charge is 2.21. The zero-order valence-electron chi connectivity index (χ0n) is 11.1. The van der Waals surface area contributed by atoms with Crippen LogP contribution in [0.25, 0.3) is 0 Å². The third kappa shape index (κ3) is 2.67. The molecule has 0 saturated carbocycles. The summed E-state index contributed by atoms with van der Waals surface area (Å²) in [5.41, 5.74) is 2.12. The van der Waals surface area contributed by atoms with Gasteiger partial charge in [0.1, 0.15) is 11.9 Å². The maximum atomic E-state index is 8.69. The van der Waals surface area contributed by atoms with E-state index in [0.29, 0.717) is 5.69 Å². The lowest BCUT2D eigenvalue weighted by atomic mass is 9.83. The van der Waals surface area contributed by atoms with Gasteiger partial charge in [-0.05, 0) is 11.8 Å². The summed E-state index contributed by atoms with van der Waals surface area (Å²) in [6.45, 7) is 8.57. The molecule has 0 aromatic carbocycles. The zero-order valence-corrected chi connectivity index (χ0v) is 11.1. The average molecular weight is 242 g/mol. The van der Waals surface area contributed by atoms with Gasteiger partial charge in [-0.15, -0.1) is 0 Å². The van der Waals surface area contributed by atoms with E-state index in [9.17, 15) is 0 Å². The van der Waals surface area contributed by atoms with Gasteiger partial charge in [-0.2, -0.15) is 5.26 Å². The Hall–Kier alpha value is -1.89. The second kappa shape index (κ2) is 4.77. The Kier molecular flexibility index (Phi) is 3.33. The molecule has 0 N–H and O–H groups in total. The summed E-state index contributed by atoms with van der Waals surface area (Å²) in [6.07, 6.45) is 6.54. The molecule has 0 radical (unpaired) electrons. The first-order valence-corrected chi connectivity index (χ1v) is 6.17. The van der Waals surface area contributed by atoms with Crippen molar-refractivity contribution >= 4 is 5.82 Å². The lowest BCUT2D eigenvalue weighted by molar-refractivity contribution is 0.472. The van der Waals surface area contributed by atoms with Crippen molar-refractivity contribution in [2.45, 2.75) is 27.2 Å². The molecule has 0 aliphatic carbocycles. The topological polar surface area (TPSA) is 52.8 Å². The van der Waals surface area contributed by atoms with E-state index < -0.39 is 0 Å². The summed E-state index contributed by atoms with van der Waals surface area (Å²) in [4.78, 5) is 10.5. The SMILES string of the molecule is CC(C)(C)C1=CCN(c2cnc(C#N)cn2)CC1. The maximum Gasteiger partial charge on any atom is 0.158 e. The van der Waals surface area contributed by atoms with Crippen molar-refractivity contribution in [3.8, 4) is 6.07 Å². The fraction of sp³-hybridized carbons (Fsp3) is 0.500. The summed E-state index contributed by atoms with van der Waals surface area (Å²) >= 11 is 0. The van der Waals surface area contributed by atoms with E-state index >= 15 is 0 Å². The fourth-order valence-corrected chi connectivity index (χ4v) is 2.10. The van der Waals surface area contributed by atoms with E-state index in [2.05, 4.69) is 41.7 Å². The van der Waals surface area contributed by atoms with Gasteiger partial charge < -0.3 is 4.90 Å². The van der Waals surface area contributed by atoms with Crippen molar-refractivity contribution in [3.63, 3.8) is 0 Å². The van der Waals surface area contributed by atoms with Gasteiger partial charge >= 0.3 is 0 Å². The minimum atomic E-state index is 0.252. The second-order valence-electron chi connectivity index (χ2n) is 5.55. The molecule has 1 aromatic heterocycles. The normalized spacial score (nSPS) is 16.1. The van der Waals surface area contributed by atoms with Crippen LogP contribution in [0.4, 0.5) is 5.82 Å². The van der Waals surface area contributed by atoms with Crippen LogP contribution in [0.5, 0.6) is 0 Å². The number of hydrogen-bond donors (Lipinski definition) is 0. The zero-order chi connectivity index (χ0) is 13.2. The Morgan fingerprint density at radius 2 is 2.06 bits per heavy atom. The number of nitrogens with zero attached hydrogens (tertiary/aromatic N) is 4. The molecule has 1 aromatic rings. The standard InChI is InChI=1S/C14H18N4/c1-14(2,3)11-4-6-18(7-5-11)13-10-16-12(8-15)9-17-13/h4,9-10H,5-7H2,1-3H3. The molecule has 1 aliphatic rings. The van der Waals surface area contributed by atoms with Gasteiger partial charge in [0, 0.05) is 13.1 Å². The van der Waals surface area contributed by atoms with E-state index in [1.807, 2.05) is 6.07 Å². The van der Waals surface area contributed by atoms with Crippen molar-refractivity contribution < 1.29 is 0 Å². The molecule has 4 nitrogen and oxygen atoms in total. The highest BCUT2D eigenvalue weighted by atomic mass is 15.2. The number of anilines is 1. The summed E-state index contributed by atoms with van der Waals surface area (Å²) in [5.74, 6) is 0.846. The molecular formula is C14H18N4. The average Bonchev–Trinajstić information content (AvgIpc) is 2.38. The lowest BCUT2D eigenvalue weighted by Gasteiger charge is -2.32. The van der Waals surface area contributed by atoms with Gasteiger partial charge in [-0.25, -0.2) is 9.97 Å². The molecular weight excluding hydrogens is 224 g/mol. The van der Waals surface area contributed by atoms with Crippen molar-refractivity contribution in [1.29, 1.82) is 5.26 Å². The first kappa shape index (κ1) is 12.6. The van der Waals surface area contributed by atoms with Crippen LogP contribution in [0, 0.1) is 16.7 Å². The minimum Gasteiger partial charge on any atom is -0.351 e. The van der Waals surface area contributed by atoms with Gasteiger partial charge in [0.05, 0.1) is 12.4 Å². The highest BCUT2D eigenvalue weighted by molar-refractivity contribution is 5.40. The largest absolute Gasteiger partial charge is 0.351 e. The predicted molar refractivity (Wildman–Crippen MR) is 71.1 cm³/mol. The van der Waals surface area contributed by atoms with Gasteiger partial charge in [0.2, 0.25) is 0 Å². The molecule has 0 atom stereocenters. The first-order chi connectivity index (χ1) is 8.50. The Balaban J connectivity index is 2.10. The van der Waals surface area contributed by atoms with E-state index in [1.54, 1.807) is 6.20 Å². The molecule has 2 rings (SSSR count). The molecule has 0 amide bonds. The Morgan fingerprint density at radius 3 is 2.50 bits per heavy atom. The molecule has 18 heavy (non-hydrogen) atoms. The van der Waals surface area contributed by atoms with E-state index in [0.717, 1.165) is 25.3 Å². The number of hydrogen-bond acceptors (Lipinski definition) is 4. The molecule has 1 aliphatic heterocycles. The van der Waals surface area contributed by atoms with Crippen LogP contribution in [0.15, 0.2) is 24.0 Å². The number of nitriles is 1. The van der Waals surface area contributed by atoms with Crippen molar-refractivity contribution in [2.75, 3.05) is 18.0 Å². The van der Waals surface area contributed by atoms with Crippen molar-refractivity contribution in [2.24, 2.45) is 5.41 Å². The molecule has 4 heteroatoms. The van der Waals surface area contributed by atoms with Crippen LogP contribution in [-0.4, -0.2) is 23.1 Å². The monoisotopic (exact) mass is 242 g/mol. The van der Waals surface area contributed by atoms with Crippen molar-refractivity contribution in [1.82, 2.24) is 9.97 Å². The van der Waals surface area contributed by atoms with Crippen LogP contribution in [-0.2, 0) is 0 Å². The molecule has 2 heterocycles. The van der Waals surface area contributed by atoms with Gasteiger partial charge in [0.25, 0.3) is 0 Å². The number of rotatable bonds is 1. The van der Waals surface area contributed by atoms with Crippen molar-refractivity contribution in [3.05, 3.63) is 29.7 Å². The molecule has 0 saturated heterocycles. The van der Waals surface area contributed by atoms with E-state index in [1.165, 1.54) is 11.8 Å². The smallest absolute Gasteiger partial charge is 0.158 e. The number of aromatic nitrogens is 2. The Bertz CT molecular complexity index is 488. The van der Waals surface area contributed by atoms with E-state index in [-0.39, 0.29) is 5.41 Å². The van der Waals surface area contributed by atoms with Crippen LogP contribution in [0.2, 0.25) is 0 Å². The maximum absolute atomic E-state index is 8.69. The van der Waals surface area contributed by atoms with Crippen LogP contribution >= 0.6 is 0 Å². The Labute approximate surface area is 108 Å². The fourth-order valence-electron chi connectivity index (χ4n) is 2.10. The highest BCUT2D eigenvalue weighted by Crippen LogP contribution is 2.30. The minimum absolute atomic E-state index is 0.252. The van der Waals surface area contributed by atoms with Crippen LogP contribution < -0.4 is 4.90 Å². The van der Waals surface area contributed by atoms with Gasteiger partial charge in [0.15, 0.2) is 5.69 Å². The third-order valence-electron chi connectivity index (χ3n) is 3.25. The summed E-state index contributed by atoms with van der Waals surface area (Å²) in [5, 5.41) is 8.69. The van der Waals surface area contributed by atoms with Gasteiger partial charge in [-0.1, -0.05) is 32.4 Å². The molecule has 0 unspecified atom stereocenters. The summed E-state index contributed by atoms with van der Waals surface area (Å²) < 4.78 is 0. The predicted octanol–water partition coefficient (Wildman–Crippen LogP) is 2.53. The van der Waals surface area contributed by atoms with Crippen LogP contribution in [0.1, 0.15) is 32.9 Å². The first-order valence-electron chi connectivity index (χ1n) is 6.17. The van der Waals surface area contributed by atoms with Crippen LogP contribution in [0.3, 0.4) is 0 Å². The quantitative estimate of drug-likeness (QED) is 0.710. The molecule has 0 fully saturated rings. The molecule has 0 spiro atoms. The summed E-state index contributed by atoms with van der Waals surface area (Å²) in [7, 11) is 0. The Morgan fingerprint density at radius 1 is 1.28 bits per heavy atom. The molecule has 0 bridgehead atoms. The summed E-state index contributed by atoms with van der Waals surface area (Å²) in [6, 6.07) is 1.98. The second-order valence-corrected chi connectivity index (χ2v) is 5.55. The van der Waals surface area contributed by atoms with E-state index in [4.69, 9.17) is 5.26 Å². The third-order valence-corrected chi connectivity index (χ3v) is 3.25.